The monoisotopic (exact) mass is 209 g/mol. The van der Waals surface area contributed by atoms with E-state index in [4.69, 9.17) is 11.6 Å². The zero-order valence-electron chi connectivity index (χ0n) is 8.70. The average Bonchev–Trinajstić information content (AvgIpc) is 2.18. The summed E-state index contributed by atoms with van der Waals surface area (Å²) in [7, 11) is 2.08. The van der Waals surface area contributed by atoms with E-state index in [2.05, 4.69) is 37.6 Å². The third-order valence-corrected chi connectivity index (χ3v) is 2.68. The molecule has 0 aromatic heterocycles. The molecular formula is C12H16ClN. The molecular weight excluding hydrogens is 194 g/mol. The molecule has 1 aromatic carbocycles. The Bertz CT molecular complexity index is 292. The number of hydrogen-bond donors (Lipinski definition) is 0. The first-order chi connectivity index (χ1) is 6.65. The van der Waals surface area contributed by atoms with E-state index >= 15 is 0 Å². The number of benzene rings is 1. The van der Waals surface area contributed by atoms with E-state index in [1.165, 1.54) is 5.56 Å². The van der Waals surface area contributed by atoms with Crippen LogP contribution in [-0.4, -0.2) is 18.5 Å². The lowest BCUT2D eigenvalue weighted by Gasteiger charge is -2.23. The van der Waals surface area contributed by atoms with E-state index in [9.17, 15) is 0 Å². The highest BCUT2D eigenvalue weighted by atomic mass is 35.5. The van der Waals surface area contributed by atoms with E-state index < -0.39 is 0 Å². The van der Waals surface area contributed by atoms with Crippen LogP contribution in [0.3, 0.4) is 0 Å². The molecule has 0 saturated heterocycles. The molecule has 0 heterocycles. The molecule has 1 nitrogen and oxygen atoms in total. The zero-order chi connectivity index (χ0) is 10.6. The molecule has 0 saturated carbocycles. The Labute approximate surface area is 91.0 Å². The lowest BCUT2D eigenvalue weighted by molar-refractivity contribution is 0.290. The van der Waals surface area contributed by atoms with Gasteiger partial charge in [0.05, 0.1) is 0 Å². The summed E-state index contributed by atoms with van der Waals surface area (Å²) in [6.45, 7) is 6.79. The summed E-state index contributed by atoms with van der Waals surface area (Å²) in [5, 5.41) is 0.785. The molecule has 1 aromatic rings. The Morgan fingerprint density at radius 3 is 2.50 bits per heavy atom. The van der Waals surface area contributed by atoms with Crippen molar-refractivity contribution in [3.8, 4) is 0 Å². The van der Waals surface area contributed by atoms with Gasteiger partial charge in [-0.2, -0.15) is 0 Å². The second kappa shape index (κ2) is 5.18. The van der Waals surface area contributed by atoms with Crippen LogP contribution in [0.25, 0.3) is 0 Å². The molecule has 0 spiro atoms. The van der Waals surface area contributed by atoms with Gasteiger partial charge in [-0.15, -0.1) is 6.58 Å². The number of nitrogens with zero attached hydrogens (tertiary/aromatic N) is 1. The Morgan fingerprint density at radius 2 is 2.00 bits per heavy atom. The zero-order valence-corrected chi connectivity index (χ0v) is 9.46. The number of rotatable bonds is 4. The van der Waals surface area contributed by atoms with Crippen molar-refractivity contribution in [2.75, 3.05) is 13.6 Å². The highest BCUT2D eigenvalue weighted by molar-refractivity contribution is 6.30. The molecule has 0 aliphatic carbocycles. The Kier molecular flexibility index (Phi) is 4.18. The van der Waals surface area contributed by atoms with Gasteiger partial charge in [0.2, 0.25) is 0 Å². The minimum Gasteiger partial charge on any atom is -0.296 e. The first kappa shape index (κ1) is 11.3. The van der Waals surface area contributed by atoms with Gasteiger partial charge < -0.3 is 0 Å². The van der Waals surface area contributed by atoms with Crippen molar-refractivity contribution in [1.29, 1.82) is 0 Å². The smallest absolute Gasteiger partial charge is 0.0406 e. The molecule has 0 aliphatic heterocycles. The summed E-state index contributed by atoms with van der Waals surface area (Å²) in [6.07, 6.45) is 1.91. The molecule has 0 fully saturated rings. The molecule has 1 atom stereocenters. The molecule has 1 rings (SSSR count). The van der Waals surface area contributed by atoms with E-state index in [0.29, 0.717) is 6.04 Å². The van der Waals surface area contributed by atoms with E-state index in [-0.39, 0.29) is 0 Å². The van der Waals surface area contributed by atoms with Crippen molar-refractivity contribution in [2.24, 2.45) is 0 Å². The maximum atomic E-state index is 5.83. The molecule has 0 radical (unpaired) electrons. The van der Waals surface area contributed by atoms with Crippen LogP contribution in [0, 0.1) is 0 Å². The first-order valence-corrected chi connectivity index (χ1v) is 5.09. The van der Waals surface area contributed by atoms with Crippen molar-refractivity contribution < 1.29 is 0 Å². The number of halogens is 1. The third kappa shape index (κ3) is 2.86. The van der Waals surface area contributed by atoms with Crippen LogP contribution in [0.15, 0.2) is 36.9 Å². The molecule has 1 unspecified atom stereocenters. The topological polar surface area (TPSA) is 3.24 Å². The predicted molar refractivity (Wildman–Crippen MR) is 62.7 cm³/mol. The van der Waals surface area contributed by atoms with Gasteiger partial charge in [-0.05, 0) is 31.7 Å². The van der Waals surface area contributed by atoms with Crippen LogP contribution in [0.1, 0.15) is 18.5 Å². The molecule has 14 heavy (non-hydrogen) atoms. The third-order valence-electron chi connectivity index (χ3n) is 2.43. The summed E-state index contributed by atoms with van der Waals surface area (Å²) in [4.78, 5) is 2.23. The standard InChI is InChI=1S/C12H16ClN/c1-4-9-14(3)10(2)11-5-7-12(13)8-6-11/h4-8,10H,1,9H2,2-3H3. The summed E-state index contributed by atoms with van der Waals surface area (Å²) >= 11 is 5.83. The summed E-state index contributed by atoms with van der Waals surface area (Å²) < 4.78 is 0. The Morgan fingerprint density at radius 1 is 1.43 bits per heavy atom. The number of hydrogen-bond acceptors (Lipinski definition) is 1. The Balaban J connectivity index is 2.73. The van der Waals surface area contributed by atoms with Crippen molar-refractivity contribution in [1.82, 2.24) is 4.90 Å². The molecule has 0 N–H and O–H groups in total. The van der Waals surface area contributed by atoms with Gasteiger partial charge >= 0.3 is 0 Å². The van der Waals surface area contributed by atoms with E-state index in [0.717, 1.165) is 11.6 Å². The van der Waals surface area contributed by atoms with Gasteiger partial charge in [-0.25, -0.2) is 0 Å². The largest absolute Gasteiger partial charge is 0.296 e. The second-order valence-electron chi connectivity index (χ2n) is 3.46. The van der Waals surface area contributed by atoms with Gasteiger partial charge in [-0.3, -0.25) is 4.90 Å². The predicted octanol–water partition coefficient (Wildman–Crippen LogP) is 3.52. The number of likely N-dealkylation sites (N-methyl/N-ethyl adjacent to an activating group) is 1. The Hall–Kier alpha value is -0.790. The van der Waals surface area contributed by atoms with Gasteiger partial charge in [0.15, 0.2) is 0 Å². The minimum atomic E-state index is 0.394. The molecule has 76 valence electrons. The molecule has 0 amide bonds. The fourth-order valence-corrected chi connectivity index (χ4v) is 1.48. The quantitative estimate of drug-likeness (QED) is 0.686. The van der Waals surface area contributed by atoms with Gasteiger partial charge in [0, 0.05) is 17.6 Å². The van der Waals surface area contributed by atoms with Crippen LogP contribution in [-0.2, 0) is 0 Å². The molecule has 0 bridgehead atoms. The highest BCUT2D eigenvalue weighted by Crippen LogP contribution is 2.20. The van der Waals surface area contributed by atoms with Crippen LogP contribution >= 0.6 is 11.6 Å². The summed E-state index contributed by atoms with van der Waals surface area (Å²) in [5.74, 6) is 0. The van der Waals surface area contributed by atoms with Gasteiger partial charge in [0.25, 0.3) is 0 Å². The van der Waals surface area contributed by atoms with Gasteiger partial charge in [0.1, 0.15) is 0 Å². The molecule has 2 heteroatoms. The fourth-order valence-electron chi connectivity index (χ4n) is 1.36. The normalized spacial score (nSPS) is 12.9. The van der Waals surface area contributed by atoms with Crippen LogP contribution in [0.2, 0.25) is 5.02 Å². The summed E-state index contributed by atoms with van der Waals surface area (Å²) in [6, 6.07) is 8.37. The van der Waals surface area contributed by atoms with Crippen molar-refractivity contribution >= 4 is 11.6 Å². The van der Waals surface area contributed by atoms with Crippen molar-refractivity contribution in [3.05, 3.63) is 47.5 Å². The maximum absolute atomic E-state index is 5.83. The van der Waals surface area contributed by atoms with Crippen LogP contribution < -0.4 is 0 Å². The van der Waals surface area contributed by atoms with Crippen molar-refractivity contribution in [2.45, 2.75) is 13.0 Å². The maximum Gasteiger partial charge on any atom is 0.0406 e. The lowest BCUT2D eigenvalue weighted by atomic mass is 10.1. The fraction of sp³-hybridized carbons (Fsp3) is 0.333. The second-order valence-corrected chi connectivity index (χ2v) is 3.89. The highest BCUT2D eigenvalue weighted by Gasteiger charge is 2.09. The minimum absolute atomic E-state index is 0.394. The molecule has 0 aliphatic rings. The van der Waals surface area contributed by atoms with E-state index in [1.807, 2.05) is 18.2 Å². The average molecular weight is 210 g/mol. The van der Waals surface area contributed by atoms with Crippen LogP contribution in [0.5, 0.6) is 0 Å². The van der Waals surface area contributed by atoms with Crippen LogP contribution in [0.4, 0.5) is 0 Å². The lowest BCUT2D eigenvalue weighted by Crippen LogP contribution is -2.22. The summed E-state index contributed by atoms with van der Waals surface area (Å²) in [5.41, 5.74) is 1.28. The van der Waals surface area contributed by atoms with Gasteiger partial charge in [-0.1, -0.05) is 29.8 Å². The van der Waals surface area contributed by atoms with E-state index in [1.54, 1.807) is 0 Å². The first-order valence-electron chi connectivity index (χ1n) is 4.71. The SMILES string of the molecule is C=CCN(C)C(C)c1ccc(Cl)cc1. The van der Waals surface area contributed by atoms with Crippen molar-refractivity contribution in [3.63, 3.8) is 0 Å².